The lowest BCUT2D eigenvalue weighted by molar-refractivity contribution is -0.925. The Hall–Kier alpha value is -2.86. The van der Waals surface area contributed by atoms with Crippen LogP contribution >= 0.6 is 0 Å². The van der Waals surface area contributed by atoms with E-state index >= 15 is 0 Å². The predicted molar refractivity (Wildman–Crippen MR) is 151 cm³/mol. The molecule has 0 aromatic heterocycles. The number of anilines is 1. The van der Waals surface area contributed by atoms with Gasteiger partial charge in [0.1, 0.15) is 18.9 Å². The van der Waals surface area contributed by atoms with Crippen LogP contribution in [0, 0.1) is 0 Å². The van der Waals surface area contributed by atoms with Crippen molar-refractivity contribution in [2.75, 3.05) is 44.7 Å². The van der Waals surface area contributed by atoms with Gasteiger partial charge in [0, 0.05) is 5.69 Å². The number of esters is 1. The van der Waals surface area contributed by atoms with Gasteiger partial charge in [0.05, 0.1) is 37.4 Å². The minimum absolute atomic E-state index is 0.238. The van der Waals surface area contributed by atoms with Crippen molar-refractivity contribution in [3.05, 3.63) is 59.7 Å². The monoisotopic (exact) mass is 511 g/mol. The van der Waals surface area contributed by atoms with Crippen molar-refractivity contribution in [3.8, 4) is 5.75 Å². The second kappa shape index (κ2) is 16.8. The minimum Gasteiger partial charge on any atom is -0.493 e. The molecule has 37 heavy (non-hydrogen) atoms. The van der Waals surface area contributed by atoms with Crippen molar-refractivity contribution in [1.82, 2.24) is 0 Å². The van der Waals surface area contributed by atoms with Gasteiger partial charge in [0.2, 0.25) is 0 Å². The minimum atomic E-state index is -0.340. The molecule has 0 heterocycles. The van der Waals surface area contributed by atoms with Crippen LogP contribution in [0.4, 0.5) is 5.69 Å². The summed E-state index contributed by atoms with van der Waals surface area (Å²) in [5.74, 6) is 0.0108. The van der Waals surface area contributed by atoms with Crippen LogP contribution in [0.3, 0.4) is 0 Å². The molecule has 0 unspecified atom stereocenters. The summed E-state index contributed by atoms with van der Waals surface area (Å²) in [5.41, 5.74) is 1.59. The summed E-state index contributed by atoms with van der Waals surface area (Å²) >= 11 is 0. The molecule has 0 fully saturated rings. The van der Waals surface area contributed by atoms with Crippen molar-refractivity contribution < 1.29 is 23.5 Å². The number of nitrogens with zero attached hydrogens (tertiary/aromatic N) is 1. The van der Waals surface area contributed by atoms with Gasteiger partial charge in [-0.2, -0.15) is 0 Å². The standard InChI is InChI=1S/C31H46N2O4/c1-5-9-10-11-12-15-24-36-29-17-14-13-16-28(29)30(34)32-27-20-18-26(19-21-27)31(35)37-25-23-33(7-3,8-4)22-6-2/h13-14,16-21H,5-12,15,22-25H2,1-4H3/p+1. The molecule has 0 bridgehead atoms. The van der Waals surface area contributed by atoms with Gasteiger partial charge in [-0.05, 0) is 63.1 Å². The quantitative estimate of drug-likeness (QED) is 0.132. The third-order valence-electron chi connectivity index (χ3n) is 7.10. The SMILES string of the molecule is CCCCCCCCOc1ccccc1C(=O)Nc1ccc(C(=O)OCC[N+](CC)(CC)CCC)cc1. The zero-order valence-corrected chi connectivity index (χ0v) is 23.4. The molecule has 6 nitrogen and oxygen atoms in total. The molecular weight excluding hydrogens is 464 g/mol. The fourth-order valence-corrected chi connectivity index (χ4v) is 4.59. The Labute approximate surface area is 223 Å². The lowest BCUT2D eigenvalue weighted by Gasteiger charge is -2.36. The van der Waals surface area contributed by atoms with Crippen LogP contribution in [-0.4, -0.2) is 55.8 Å². The zero-order chi connectivity index (χ0) is 26.9. The average molecular weight is 512 g/mol. The molecule has 0 saturated carbocycles. The van der Waals surface area contributed by atoms with E-state index in [0.29, 0.717) is 35.8 Å². The summed E-state index contributed by atoms with van der Waals surface area (Å²) < 4.78 is 12.4. The highest BCUT2D eigenvalue weighted by Gasteiger charge is 2.22. The molecule has 0 radical (unpaired) electrons. The number of unbranched alkanes of at least 4 members (excludes halogenated alkanes) is 5. The number of hydrogen-bond acceptors (Lipinski definition) is 4. The van der Waals surface area contributed by atoms with Crippen LogP contribution in [0.2, 0.25) is 0 Å². The second-order valence-corrected chi connectivity index (χ2v) is 9.70. The van der Waals surface area contributed by atoms with E-state index in [-0.39, 0.29) is 11.9 Å². The first-order chi connectivity index (χ1) is 18.0. The van der Waals surface area contributed by atoms with E-state index in [1.54, 1.807) is 30.3 Å². The first-order valence-corrected chi connectivity index (χ1v) is 14.1. The number of quaternary nitrogens is 1. The van der Waals surface area contributed by atoms with E-state index in [4.69, 9.17) is 9.47 Å². The molecule has 0 aliphatic carbocycles. The van der Waals surface area contributed by atoms with Crippen LogP contribution in [0.25, 0.3) is 0 Å². The lowest BCUT2D eigenvalue weighted by Crippen LogP contribution is -2.50. The van der Waals surface area contributed by atoms with Crippen LogP contribution in [-0.2, 0) is 4.74 Å². The van der Waals surface area contributed by atoms with E-state index in [0.717, 1.165) is 49.9 Å². The number of likely N-dealkylation sites (N-methyl/N-ethyl adjacent to an activating group) is 1. The van der Waals surface area contributed by atoms with Crippen LogP contribution < -0.4 is 10.1 Å². The molecular formula is C31H47N2O4+. The van der Waals surface area contributed by atoms with E-state index < -0.39 is 0 Å². The number of para-hydroxylation sites is 1. The molecule has 0 aliphatic rings. The zero-order valence-electron chi connectivity index (χ0n) is 23.4. The van der Waals surface area contributed by atoms with Crippen LogP contribution in [0.5, 0.6) is 5.75 Å². The summed E-state index contributed by atoms with van der Waals surface area (Å²) in [5, 5.41) is 2.91. The van der Waals surface area contributed by atoms with Crippen LogP contribution in [0.1, 0.15) is 93.4 Å². The summed E-state index contributed by atoms with van der Waals surface area (Å²) in [6.07, 6.45) is 8.23. The van der Waals surface area contributed by atoms with Gasteiger partial charge in [-0.3, -0.25) is 4.79 Å². The number of hydrogen-bond donors (Lipinski definition) is 1. The van der Waals surface area contributed by atoms with Gasteiger partial charge in [0.15, 0.2) is 0 Å². The van der Waals surface area contributed by atoms with E-state index in [1.807, 2.05) is 18.2 Å². The van der Waals surface area contributed by atoms with Crippen molar-refractivity contribution in [2.45, 2.75) is 72.6 Å². The molecule has 204 valence electrons. The normalized spacial score (nSPS) is 11.2. The highest BCUT2D eigenvalue weighted by molar-refractivity contribution is 6.06. The maximum Gasteiger partial charge on any atom is 0.338 e. The number of benzene rings is 2. The number of nitrogens with one attached hydrogen (secondary N) is 1. The predicted octanol–water partition coefficient (Wildman–Crippen LogP) is 7.10. The van der Waals surface area contributed by atoms with E-state index in [9.17, 15) is 9.59 Å². The Balaban J connectivity index is 1.86. The highest BCUT2D eigenvalue weighted by Crippen LogP contribution is 2.21. The fraction of sp³-hybridized carbons (Fsp3) is 0.548. The highest BCUT2D eigenvalue weighted by atomic mass is 16.5. The van der Waals surface area contributed by atoms with Gasteiger partial charge in [0.25, 0.3) is 5.91 Å². The molecule has 2 aromatic rings. The van der Waals surface area contributed by atoms with Crippen molar-refractivity contribution in [2.24, 2.45) is 0 Å². The summed E-state index contributed by atoms with van der Waals surface area (Å²) in [6, 6.07) is 14.1. The molecule has 0 spiro atoms. The van der Waals surface area contributed by atoms with Crippen molar-refractivity contribution in [3.63, 3.8) is 0 Å². The summed E-state index contributed by atoms with van der Waals surface area (Å²) in [6.45, 7) is 13.7. The average Bonchev–Trinajstić information content (AvgIpc) is 2.92. The number of ether oxygens (including phenoxy) is 2. The Morgan fingerprint density at radius 2 is 1.43 bits per heavy atom. The van der Waals surface area contributed by atoms with Crippen molar-refractivity contribution in [1.29, 1.82) is 0 Å². The number of carbonyl (C=O) groups is 2. The Bertz CT molecular complexity index is 938. The van der Waals surface area contributed by atoms with Gasteiger partial charge >= 0.3 is 5.97 Å². The number of carbonyl (C=O) groups excluding carboxylic acids is 2. The summed E-state index contributed by atoms with van der Waals surface area (Å²) in [4.78, 5) is 25.5. The summed E-state index contributed by atoms with van der Waals surface area (Å²) in [7, 11) is 0. The first kappa shape index (κ1) is 30.4. The van der Waals surface area contributed by atoms with Gasteiger partial charge < -0.3 is 19.3 Å². The molecule has 2 rings (SSSR count). The molecule has 0 aliphatic heterocycles. The third-order valence-corrected chi connectivity index (χ3v) is 7.10. The third kappa shape index (κ3) is 10.2. The largest absolute Gasteiger partial charge is 0.493 e. The molecule has 2 aromatic carbocycles. The molecule has 1 N–H and O–H groups in total. The molecule has 1 amide bonds. The Morgan fingerprint density at radius 3 is 2.11 bits per heavy atom. The van der Waals surface area contributed by atoms with Crippen molar-refractivity contribution >= 4 is 17.6 Å². The lowest BCUT2D eigenvalue weighted by atomic mass is 10.1. The maximum atomic E-state index is 12.9. The number of amides is 1. The van der Waals surface area contributed by atoms with E-state index in [1.165, 1.54) is 25.7 Å². The van der Waals surface area contributed by atoms with Gasteiger partial charge in [-0.15, -0.1) is 0 Å². The Morgan fingerprint density at radius 1 is 0.757 bits per heavy atom. The smallest absolute Gasteiger partial charge is 0.338 e. The Kier molecular flexibility index (Phi) is 13.8. The van der Waals surface area contributed by atoms with Crippen LogP contribution in [0.15, 0.2) is 48.5 Å². The maximum absolute atomic E-state index is 12.9. The number of rotatable bonds is 18. The van der Waals surface area contributed by atoms with Gasteiger partial charge in [-0.1, -0.05) is 58.1 Å². The topological polar surface area (TPSA) is 64.6 Å². The van der Waals surface area contributed by atoms with Gasteiger partial charge in [-0.25, -0.2) is 4.79 Å². The van der Waals surface area contributed by atoms with E-state index in [2.05, 4.69) is 33.0 Å². The fourth-order valence-electron chi connectivity index (χ4n) is 4.59. The second-order valence-electron chi connectivity index (χ2n) is 9.70. The molecule has 0 saturated heterocycles. The molecule has 0 atom stereocenters. The molecule has 6 heteroatoms. The first-order valence-electron chi connectivity index (χ1n) is 14.1.